The summed E-state index contributed by atoms with van der Waals surface area (Å²) in [4.78, 5) is 11.5. The molecule has 0 radical (unpaired) electrons. The van der Waals surface area contributed by atoms with Gasteiger partial charge in [0, 0.05) is 22.1 Å². The van der Waals surface area contributed by atoms with Gasteiger partial charge >= 0.3 is 27.7 Å². The van der Waals surface area contributed by atoms with Crippen molar-refractivity contribution in [1.82, 2.24) is 0 Å². The molecule has 0 saturated heterocycles. The Labute approximate surface area is 164 Å². The van der Waals surface area contributed by atoms with E-state index in [1.54, 1.807) is 13.8 Å². The summed E-state index contributed by atoms with van der Waals surface area (Å²) in [6.45, 7) is 3.24. The van der Waals surface area contributed by atoms with E-state index in [9.17, 15) is 4.79 Å². The monoisotopic (exact) mass is 546 g/mol. The van der Waals surface area contributed by atoms with Crippen molar-refractivity contribution in [3.05, 3.63) is 33.3 Å². The van der Waals surface area contributed by atoms with Gasteiger partial charge in [-0.25, -0.2) is 0 Å². The third-order valence-corrected chi connectivity index (χ3v) is 2.99. The Morgan fingerprint density at radius 3 is 2.26 bits per heavy atom. The molecular formula is C13H18ClIN4O3Pd. The van der Waals surface area contributed by atoms with Crippen LogP contribution in [0.5, 0.6) is 0 Å². The molecule has 0 spiro atoms. The fourth-order valence-electron chi connectivity index (χ4n) is 1.06. The topological polar surface area (TPSA) is 108 Å². The number of rotatable bonds is 5. The van der Waals surface area contributed by atoms with Crippen LogP contribution in [0, 0.1) is 3.57 Å². The van der Waals surface area contributed by atoms with Crippen LogP contribution in [0.25, 0.3) is 5.43 Å². The van der Waals surface area contributed by atoms with Gasteiger partial charge in [0.2, 0.25) is 0 Å². The average Bonchev–Trinajstić information content (AvgIpc) is 2.61. The molecule has 0 aromatic heterocycles. The number of aliphatic hydroxyl groups is 1. The summed E-state index contributed by atoms with van der Waals surface area (Å²) in [5.41, 5.74) is 5.08. The maximum absolute atomic E-state index is 11.5. The van der Waals surface area contributed by atoms with E-state index >= 15 is 0 Å². The quantitative estimate of drug-likeness (QED) is 0.173. The van der Waals surface area contributed by atoms with Gasteiger partial charge in [0.05, 0.1) is 18.2 Å². The first kappa shape index (κ1) is 24.5. The first-order valence-electron chi connectivity index (χ1n) is 6.06. The van der Waals surface area contributed by atoms with E-state index in [4.69, 9.17) is 10.3 Å². The van der Waals surface area contributed by atoms with Crippen LogP contribution >= 0.6 is 32.1 Å². The van der Waals surface area contributed by atoms with E-state index in [1.807, 2.05) is 24.3 Å². The van der Waals surface area contributed by atoms with Crippen molar-refractivity contribution >= 4 is 55.1 Å². The van der Waals surface area contributed by atoms with Crippen molar-refractivity contribution in [2.75, 3.05) is 19.0 Å². The van der Waals surface area contributed by atoms with Crippen molar-refractivity contribution in [1.29, 1.82) is 0 Å². The van der Waals surface area contributed by atoms with E-state index in [1.165, 1.54) is 0 Å². The van der Waals surface area contributed by atoms with E-state index in [-0.39, 0.29) is 6.54 Å². The predicted molar refractivity (Wildman–Crippen MR) is 98.0 cm³/mol. The molecular weight excluding hydrogens is 529 g/mol. The zero-order valence-electron chi connectivity index (χ0n) is 12.7. The Morgan fingerprint density at radius 2 is 1.78 bits per heavy atom. The molecule has 0 atom stereocenters. The van der Waals surface area contributed by atoms with Gasteiger partial charge in [-0.3, -0.25) is 0 Å². The van der Waals surface area contributed by atoms with Crippen LogP contribution < -0.4 is 5.32 Å². The van der Waals surface area contributed by atoms with Crippen LogP contribution in [0.4, 0.5) is 5.69 Å². The second-order valence-electron chi connectivity index (χ2n) is 3.73. The molecule has 132 valence electrons. The van der Waals surface area contributed by atoms with Crippen LogP contribution in [0.1, 0.15) is 13.8 Å². The number of amides is 1. The van der Waals surface area contributed by atoms with Crippen LogP contribution in [0.15, 0.2) is 34.5 Å². The summed E-state index contributed by atoms with van der Waals surface area (Å²) in [6.07, 6.45) is 0. The Kier molecular flexibility index (Phi) is 17.2. The molecule has 1 amide bonds. The van der Waals surface area contributed by atoms with Crippen LogP contribution in [0.2, 0.25) is 0 Å². The zero-order chi connectivity index (χ0) is 18.3. The molecule has 0 heterocycles. The molecule has 0 saturated carbocycles. The number of anilines is 1. The summed E-state index contributed by atoms with van der Waals surface area (Å²) in [6, 6.07) is 7.64. The molecule has 0 aliphatic heterocycles. The van der Waals surface area contributed by atoms with Gasteiger partial charge < -0.3 is 31.0 Å². The molecule has 0 aliphatic rings. The van der Waals surface area contributed by atoms with E-state index in [0.29, 0.717) is 11.4 Å². The molecule has 0 bridgehead atoms. The molecule has 0 aliphatic carbocycles. The summed E-state index contributed by atoms with van der Waals surface area (Å²) in [5, 5.41) is 25.1. The standard InChI is InChI=1S/C12H15IN4O2.CH4O.ClH.Pd/c1-8(9(2)17-19)15-16-12(18)7-14-11-5-3-10(13)4-6-11;1-2;;/h3-6,14H,7H2,1-2H3,(H2,15,16,17,18,19);2H,1H3;1H;/q;;;+2/p-2. The molecule has 0 fully saturated rings. The van der Waals surface area contributed by atoms with E-state index < -0.39 is 5.91 Å². The number of carbonyl (C=O) groups excluding carboxylic acids is 1. The summed E-state index contributed by atoms with van der Waals surface area (Å²) in [5.74, 6) is -0.399. The Hall–Kier alpha value is -0.728. The molecule has 1 aromatic carbocycles. The average molecular weight is 547 g/mol. The van der Waals surface area contributed by atoms with Crippen molar-refractivity contribution in [3.63, 3.8) is 0 Å². The van der Waals surface area contributed by atoms with E-state index in [0.717, 1.165) is 16.4 Å². The molecule has 3 N–H and O–H groups in total. The number of hydrogen-bond donors (Lipinski definition) is 3. The summed E-state index contributed by atoms with van der Waals surface area (Å²) >= 11 is 4.43. The number of aliphatic hydroxyl groups excluding tert-OH is 1. The number of nitrogens with one attached hydrogen (secondary N) is 1. The maximum atomic E-state index is 11.5. The van der Waals surface area contributed by atoms with Gasteiger partial charge in [0.15, 0.2) is 0 Å². The molecule has 1 aromatic rings. The van der Waals surface area contributed by atoms with Crippen molar-refractivity contribution < 1.29 is 33.3 Å². The Morgan fingerprint density at radius 1 is 1.26 bits per heavy atom. The molecule has 0 unspecified atom stereocenters. The van der Waals surface area contributed by atoms with Gasteiger partial charge in [0.25, 0.3) is 0 Å². The fourth-order valence-corrected chi connectivity index (χ4v) is 1.42. The first-order chi connectivity index (χ1) is 11.0. The van der Waals surface area contributed by atoms with Crippen LogP contribution in [-0.2, 0) is 23.0 Å². The van der Waals surface area contributed by atoms with Gasteiger partial charge in [0.1, 0.15) is 0 Å². The SMILES string of the molecule is CC(=N/[N-]C(=O)CNc1ccc(I)cc1)/C(C)=N/O.CO.[Cl][Pd+]. The van der Waals surface area contributed by atoms with Crippen molar-refractivity contribution in [2.45, 2.75) is 13.8 Å². The zero-order valence-corrected chi connectivity index (χ0v) is 17.2. The molecule has 7 nitrogen and oxygen atoms in total. The number of oxime groups is 1. The Balaban J connectivity index is 0. The third-order valence-electron chi connectivity index (χ3n) is 2.27. The van der Waals surface area contributed by atoms with Crippen molar-refractivity contribution in [3.8, 4) is 0 Å². The van der Waals surface area contributed by atoms with Crippen LogP contribution in [-0.4, -0.2) is 41.3 Å². The predicted octanol–water partition coefficient (Wildman–Crippen LogP) is 3.12. The summed E-state index contributed by atoms with van der Waals surface area (Å²) < 4.78 is 1.12. The van der Waals surface area contributed by atoms with Gasteiger partial charge in [-0.15, -0.1) is 0 Å². The number of benzene rings is 1. The number of hydrogen-bond acceptors (Lipinski definition) is 6. The van der Waals surface area contributed by atoms with Crippen molar-refractivity contribution in [2.24, 2.45) is 10.3 Å². The normalized spacial score (nSPS) is 10.6. The minimum absolute atomic E-state index is 0.0622. The minimum atomic E-state index is -0.399. The van der Waals surface area contributed by atoms with Gasteiger partial charge in [-0.2, -0.15) is 0 Å². The van der Waals surface area contributed by atoms with Crippen LogP contribution in [0.3, 0.4) is 0 Å². The van der Waals surface area contributed by atoms with Gasteiger partial charge in [-0.1, -0.05) is 5.16 Å². The molecule has 1 rings (SSSR count). The second-order valence-corrected chi connectivity index (χ2v) is 4.97. The molecule has 23 heavy (non-hydrogen) atoms. The second kappa shape index (κ2) is 16.1. The number of carbonyl (C=O) groups is 1. The number of nitrogens with zero attached hydrogens (tertiary/aromatic N) is 3. The van der Waals surface area contributed by atoms with Gasteiger partial charge in [-0.05, 0) is 60.7 Å². The number of halogens is 2. The fraction of sp³-hybridized carbons (Fsp3) is 0.308. The Bertz CT molecular complexity index is 512. The molecule has 10 heteroatoms. The first-order valence-corrected chi connectivity index (χ1v) is 9.14. The third kappa shape index (κ3) is 12.4. The summed E-state index contributed by atoms with van der Waals surface area (Å²) in [7, 11) is 5.49. The van der Waals surface area contributed by atoms with E-state index in [2.05, 4.69) is 71.3 Å².